The normalized spacial score (nSPS) is 22.2. The van der Waals surface area contributed by atoms with E-state index in [1.807, 2.05) is 0 Å². The number of benzene rings is 1. The van der Waals surface area contributed by atoms with Gasteiger partial charge in [-0.15, -0.1) is 0 Å². The lowest BCUT2D eigenvalue weighted by Crippen LogP contribution is -2.31. The Hall–Kier alpha value is -1.32. The molecule has 1 aromatic heterocycles. The van der Waals surface area contributed by atoms with Crippen LogP contribution in [-0.2, 0) is 0 Å². The first-order valence-electron chi connectivity index (χ1n) is 6.87. The van der Waals surface area contributed by atoms with Crippen LogP contribution in [0, 0.1) is 5.92 Å². The lowest BCUT2D eigenvalue weighted by atomic mass is 9.90. The predicted octanol–water partition coefficient (Wildman–Crippen LogP) is 2.56. The summed E-state index contributed by atoms with van der Waals surface area (Å²) in [6.45, 7) is 2.29. The highest BCUT2D eigenvalue weighted by atomic mass is 14.9. The third-order valence-electron chi connectivity index (χ3n) is 4.01. The van der Waals surface area contributed by atoms with Crippen LogP contribution in [0.4, 0.5) is 0 Å². The molecule has 2 unspecified atom stereocenters. The van der Waals surface area contributed by atoms with Gasteiger partial charge in [-0.05, 0) is 49.9 Å². The highest BCUT2D eigenvalue weighted by Crippen LogP contribution is 2.28. The molecular formula is C15H21N3. The molecule has 0 radical (unpaired) electrons. The highest BCUT2D eigenvalue weighted by molar-refractivity contribution is 5.83. The monoisotopic (exact) mass is 243 g/mol. The summed E-state index contributed by atoms with van der Waals surface area (Å²) < 4.78 is 0. The maximum absolute atomic E-state index is 6.39. The lowest BCUT2D eigenvalue weighted by Gasteiger charge is -2.25. The topological polar surface area (TPSA) is 53.8 Å². The van der Waals surface area contributed by atoms with Gasteiger partial charge in [0, 0.05) is 23.1 Å². The van der Waals surface area contributed by atoms with Crippen molar-refractivity contribution in [2.45, 2.75) is 25.3 Å². The van der Waals surface area contributed by atoms with Crippen LogP contribution in [-0.4, -0.2) is 18.1 Å². The Balaban J connectivity index is 1.76. The maximum atomic E-state index is 6.39. The first-order valence-corrected chi connectivity index (χ1v) is 6.87. The molecule has 1 aliphatic heterocycles. The largest absolute Gasteiger partial charge is 0.361 e. The van der Waals surface area contributed by atoms with Crippen LogP contribution in [0.5, 0.6) is 0 Å². The molecular weight excluding hydrogens is 222 g/mol. The summed E-state index contributed by atoms with van der Waals surface area (Å²) in [4.78, 5) is 3.31. The summed E-state index contributed by atoms with van der Waals surface area (Å²) in [6.07, 6.45) is 5.74. The molecule has 2 aromatic rings. The van der Waals surface area contributed by atoms with E-state index < -0.39 is 0 Å². The van der Waals surface area contributed by atoms with Crippen molar-refractivity contribution in [3.63, 3.8) is 0 Å². The number of hydrogen-bond acceptors (Lipinski definition) is 2. The van der Waals surface area contributed by atoms with E-state index in [-0.39, 0.29) is 6.04 Å². The minimum absolute atomic E-state index is 0.144. The summed E-state index contributed by atoms with van der Waals surface area (Å²) in [5.74, 6) is 0.724. The number of para-hydroxylation sites is 1. The number of H-pyrrole nitrogens is 1. The summed E-state index contributed by atoms with van der Waals surface area (Å²) in [5.41, 5.74) is 8.83. The number of aromatic amines is 1. The van der Waals surface area contributed by atoms with Gasteiger partial charge in [-0.2, -0.15) is 0 Å². The van der Waals surface area contributed by atoms with Gasteiger partial charge in [0.1, 0.15) is 0 Å². The second-order valence-corrected chi connectivity index (χ2v) is 5.34. The number of rotatable bonds is 3. The standard InChI is InChI=1S/C15H21N3/c16-14(8-11-4-3-7-17-9-11)13-10-18-15-6-2-1-5-12(13)15/h1-2,5-6,10-11,14,17-18H,3-4,7-9,16H2. The molecule has 4 N–H and O–H groups in total. The van der Waals surface area contributed by atoms with Crippen molar-refractivity contribution in [1.82, 2.24) is 10.3 Å². The van der Waals surface area contributed by atoms with Gasteiger partial charge in [-0.3, -0.25) is 0 Å². The van der Waals surface area contributed by atoms with Crippen molar-refractivity contribution < 1.29 is 0 Å². The van der Waals surface area contributed by atoms with Gasteiger partial charge in [-0.1, -0.05) is 18.2 Å². The van der Waals surface area contributed by atoms with Gasteiger partial charge in [0.05, 0.1) is 0 Å². The molecule has 0 saturated carbocycles. The van der Waals surface area contributed by atoms with Gasteiger partial charge < -0.3 is 16.0 Å². The van der Waals surface area contributed by atoms with E-state index in [2.05, 4.69) is 40.8 Å². The Bertz CT molecular complexity index is 511. The molecule has 18 heavy (non-hydrogen) atoms. The molecule has 3 heteroatoms. The minimum atomic E-state index is 0.144. The Labute approximate surface area is 108 Å². The molecule has 2 heterocycles. The Morgan fingerprint density at radius 3 is 3.06 bits per heavy atom. The van der Waals surface area contributed by atoms with E-state index in [1.165, 1.54) is 35.9 Å². The molecule has 1 aliphatic rings. The zero-order valence-corrected chi connectivity index (χ0v) is 10.7. The summed E-state index contributed by atoms with van der Waals surface area (Å²) in [7, 11) is 0. The quantitative estimate of drug-likeness (QED) is 0.776. The number of fused-ring (bicyclic) bond motifs is 1. The molecule has 0 amide bonds. The first kappa shape index (κ1) is 11.8. The minimum Gasteiger partial charge on any atom is -0.361 e. The number of nitrogens with one attached hydrogen (secondary N) is 2. The average Bonchev–Trinajstić information content (AvgIpc) is 2.84. The van der Waals surface area contributed by atoms with Crippen LogP contribution in [0.3, 0.4) is 0 Å². The zero-order valence-electron chi connectivity index (χ0n) is 10.7. The molecule has 1 saturated heterocycles. The van der Waals surface area contributed by atoms with Gasteiger partial charge in [0.15, 0.2) is 0 Å². The maximum Gasteiger partial charge on any atom is 0.0457 e. The second-order valence-electron chi connectivity index (χ2n) is 5.34. The number of hydrogen-bond donors (Lipinski definition) is 3. The van der Waals surface area contributed by atoms with Crippen molar-refractivity contribution in [3.05, 3.63) is 36.0 Å². The third kappa shape index (κ3) is 2.28. The molecule has 1 aromatic carbocycles. The second kappa shape index (κ2) is 5.12. The molecule has 3 rings (SSSR count). The SMILES string of the molecule is NC(CC1CCCNC1)c1c[nH]c2ccccc12. The van der Waals surface area contributed by atoms with Gasteiger partial charge in [-0.25, -0.2) is 0 Å². The highest BCUT2D eigenvalue weighted by Gasteiger charge is 2.19. The van der Waals surface area contributed by atoms with Crippen molar-refractivity contribution in [1.29, 1.82) is 0 Å². The van der Waals surface area contributed by atoms with Crippen LogP contribution >= 0.6 is 0 Å². The van der Waals surface area contributed by atoms with Crippen molar-refractivity contribution in [2.75, 3.05) is 13.1 Å². The fourth-order valence-corrected chi connectivity index (χ4v) is 3.01. The Morgan fingerprint density at radius 1 is 1.33 bits per heavy atom. The van der Waals surface area contributed by atoms with Crippen LogP contribution < -0.4 is 11.1 Å². The van der Waals surface area contributed by atoms with Crippen LogP contribution in [0.25, 0.3) is 10.9 Å². The van der Waals surface area contributed by atoms with E-state index >= 15 is 0 Å². The lowest BCUT2D eigenvalue weighted by molar-refractivity contribution is 0.337. The van der Waals surface area contributed by atoms with E-state index in [0.29, 0.717) is 0 Å². The van der Waals surface area contributed by atoms with Crippen LogP contribution in [0.2, 0.25) is 0 Å². The van der Waals surface area contributed by atoms with Crippen LogP contribution in [0.15, 0.2) is 30.5 Å². The Kier molecular flexibility index (Phi) is 3.35. The number of aromatic nitrogens is 1. The average molecular weight is 243 g/mol. The molecule has 0 spiro atoms. The van der Waals surface area contributed by atoms with Crippen molar-refractivity contribution in [3.8, 4) is 0 Å². The number of piperidine rings is 1. The van der Waals surface area contributed by atoms with Gasteiger partial charge in [0.25, 0.3) is 0 Å². The summed E-state index contributed by atoms with van der Waals surface area (Å²) in [6, 6.07) is 8.53. The summed E-state index contributed by atoms with van der Waals surface area (Å²) >= 11 is 0. The first-order chi connectivity index (χ1) is 8.84. The van der Waals surface area contributed by atoms with E-state index in [4.69, 9.17) is 5.73 Å². The van der Waals surface area contributed by atoms with Gasteiger partial charge in [0.2, 0.25) is 0 Å². The molecule has 96 valence electrons. The fraction of sp³-hybridized carbons (Fsp3) is 0.467. The van der Waals surface area contributed by atoms with Gasteiger partial charge >= 0.3 is 0 Å². The van der Waals surface area contributed by atoms with E-state index in [1.54, 1.807) is 0 Å². The van der Waals surface area contributed by atoms with Crippen LogP contribution in [0.1, 0.15) is 30.9 Å². The number of nitrogens with two attached hydrogens (primary N) is 1. The molecule has 0 bridgehead atoms. The van der Waals surface area contributed by atoms with Crippen molar-refractivity contribution in [2.24, 2.45) is 11.7 Å². The fourth-order valence-electron chi connectivity index (χ4n) is 3.01. The molecule has 3 nitrogen and oxygen atoms in total. The predicted molar refractivity (Wildman–Crippen MR) is 75.4 cm³/mol. The molecule has 1 fully saturated rings. The smallest absolute Gasteiger partial charge is 0.0457 e. The van der Waals surface area contributed by atoms with E-state index in [9.17, 15) is 0 Å². The molecule has 2 atom stereocenters. The summed E-state index contributed by atoms with van der Waals surface area (Å²) in [5, 5.41) is 4.73. The van der Waals surface area contributed by atoms with Crippen molar-refractivity contribution >= 4 is 10.9 Å². The zero-order chi connectivity index (χ0) is 12.4. The van der Waals surface area contributed by atoms with E-state index in [0.717, 1.165) is 18.9 Å². The Morgan fingerprint density at radius 2 is 2.22 bits per heavy atom. The third-order valence-corrected chi connectivity index (χ3v) is 4.01. The molecule has 0 aliphatic carbocycles.